The smallest absolute Gasteiger partial charge is 0.253 e. The summed E-state index contributed by atoms with van der Waals surface area (Å²) in [4.78, 5) is 16.6. The molecule has 2 atom stereocenters. The molecule has 2 heterocycles. The topological polar surface area (TPSA) is 107 Å². The Morgan fingerprint density at radius 1 is 1.42 bits per heavy atom. The summed E-state index contributed by atoms with van der Waals surface area (Å²) >= 11 is 3.43. The number of aromatic nitrogens is 2. The van der Waals surface area contributed by atoms with Crippen molar-refractivity contribution in [2.75, 3.05) is 5.73 Å². The highest BCUT2D eigenvalue weighted by atomic mass is 79.9. The summed E-state index contributed by atoms with van der Waals surface area (Å²) in [5.41, 5.74) is 15.2. The number of rotatable bonds is 2. The number of nitrogens with zero attached hydrogens (tertiary/aromatic N) is 2. The van der Waals surface area contributed by atoms with Gasteiger partial charge < -0.3 is 16.6 Å². The number of fused-ring (bicyclic) bond motifs is 1. The number of aliphatic hydroxyl groups is 1. The Morgan fingerprint density at radius 3 is 2.71 bits per heavy atom. The first-order valence-electron chi connectivity index (χ1n) is 7.58. The number of nitrogen functional groups attached to an aromatic ring is 1. The molecule has 0 saturated heterocycles. The van der Waals surface area contributed by atoms with Crippen molar-refractivity contribution >= 4 is 44.4 Å². The van der Waals surface area contributed by atoms with E-state index in [1.165, 1.54) is 0 Å². The van der Waals surface area contributed by atoms with Crippen molar-refractivity contribution in [2.24, 2.45) is 11.7 Å². The Hall–Kier alpha value is -2.12. The molecule has 0 spiro atoms. The molecule has 6 nitrogen and oxygen atoms in total. The molecule has 126 valence electrons. The number of hydrogen-bond acceptors (Lipinski definition) is 4. The molecule has 5 N–H and O–H groups in total. The van der Waals surface area contributed by atoms with Crippen LogP contribution in [0.2, 0.25) is 0 Å². The highest BCUT2D eigenvalue weighted by Gasteiger charge is 2.29. The zero-order valence-corrected chi connectivity index (χ0v) is 15.3. The van der Waals surface area contributed by atoms with Crippen LogP contribution < -0.4 is 11.5 Å². The van der Waals surface area contributed by atoms with Crippen molar-refractivity contribution in [3.05, 3.63) is 39.5 Å². The number of halogens is 1. The molecule has 0 saturated carbocycles. The summed E-state index contributed by atoms with van der Waals surface area (Å²) in [5, 5.41) is 10.8. The molecule has 0 bridgehead atoms. The van der Waals surface area contributed by atoms with Gasteiger partial charge in [-0.1, -0.05) is 19.1 Å². The van der Waals surface area contributed by atoms with Crippen molar-refractivity contribution in [1.82, 2.24) is 9.55 Å². The average molecular weight is 391 g/mol. The quantitative estimate of drug-likeness (QED) is 0.731. The van der Waals surface area contributed by atoms with Gasteiger partial charge in [-0.05, 0) is 41.4 Å². The number of nitrogens with two attached hydrogens (primary N) is 2. The first kappa shape index (κ1) is 16.7. The molecule has 3 rings (SSSR count). The van der Waals surface area contributed by atoms with E-state index >= 15 is 0 Å². The molecular formula is C17H19BrN4O2. The summed E-state index contributed by atoms with van der Waals surface area (Å²) in [6, 6.07) is 1.81. The number of carbonyl (C=O) groups excluding carboxylic acids is 1. The van der Waals surface area contributed by atoms with E-state index in [1.54, 1.807) is 16.7 Å². The summed E-state index contributed by atoms with van der Waals surface area (Å²) in [6.45, 7) is 5.71. The number of anilines is 1. The van der Waals surface area contributed by atoms with E-state index in [9.17, 15) is 9.90 Å². The van der Waals surface area contributed by atoms with Crippen LogP contribution in [0.4, 0.5) is 5.82 Å². The predicted molar refractivity (Wildman–Crippen MR) is 98.3 cm³/mol. The zero-order valence-electron chi connectivity index (χ0n) is 13.7. The molecule has 2 aromatic rings. The van der Waals surface area contributed by atoms with Gasteiger partial charge in [0.15, 0.2) is 0 Å². The van der Waals surface area contributed by atoms with Crippen molar-refractivity contribution in [2.45, 2.75) is 26.9 Å². The number of amides is 1. The minimum atomic E-state index is -0.630. The lowest BCUT2D eigenvalue weighted by Gasteiger charge is -2.27. The Labute approximate surface area is 148 Å². The van der Waals surface area contributed by atoms with Gasteiger partial charge in [0.1, 0.15) is 11.5 Å². The third-order valence-electron chi connectivity index (χ3n) is 4.49. The van der Waals surface area contributed by atoms with Gasteiger partial charge in [0.05, 0.1) is 17.4 Å². The molecule has 1 aliphatic carbocycles. The molecule has 0 aliphatic heterocycles. The van der Waals surface area contributed by atoms with E-state index in [-0.39, 0.29) is 17.3 Å². The highest BCUT2D eigenvalue weighted by molar-refractivity contribution is 9.10. The van der Waals surface area contributed by atoms with Gasteiger partial charge >= 0.3 is 0 Å². The van der Waals surface area contributed by atoms with Crippen LogP contribution in [-0.2, 0) is 0 Å². The van der Waals surface area contributed by atoms with Crippen molar-refractivity contribution in [1.29, 1.82) is 0 Å². The van der Waals surface area contributed by atoms with Crippen LogP contribution in [0.1, 0.15) is 29.9 Å². The third-order valence-corrected chi connectivity index (χ3v) is 5.29. The summed E-state index contributed by atoms with van der Waals surface area (Å²) < 4.78 is 2.51. The Morgan fingerprint density at radius 2 is 2.08 bits per heavy atom. The average Bonchev–Trinajstić information content (AvgIpc) is 2.77. The molecule has 1 aliphatic rings. The normalized spacial score (nSPS) is 20.9. The van der Waals surface area contributed by atoms with Gasteiger partial charge in [0, 0.05) is 21.5 Å². The fraction of sp³-hybridized carbons (Fsp3) is 0.294. The van der Waals surface area contributed by atoms with Gasteiger partial charge in [-0.2, -0.15) is 0 Å². The molecule has 7 heteroatoms. The standard InChI is InChI=1S/C17H19BrN4O2/c1-7-4-5-12(23)8(2)14(7)22-15(19)13(16(20)24)10-6-11(18)9(3)21-17(10)22/h4-6,8,12,23H,19H2,1-3H3,(H2,20,24)/t8-,12-/m1/s1. The van der Waals surface area contributed by atoms with Crippen LogP contribution in [0, 0.1) is 12.8 Å². The van der Waals surface area contributed by atoms with E-state index in [4.69, 9.17) is 11.5 Å². The second kappa shape index (κ2) is 5.75. The number of primary amides is 1. The summed E-state index contributed by atoms with van der Waals surface area (Å²) in [5.74, 6) is -0.558. The van der Waals surface area contributed by atoms with Crippen LogP contribution in [-0.4, -0.2) is 26.7 Å². The molecule has 0 radical (unpaired) electrons. The lowest BCUT2D eigenvalue weighted by Crippen LogP contribution is -2.24. The van der Waals surface area contributed by atoms with Crippen molar-refractivity contribution in [3.8, 4) is 0 Å². The third kappa shape index (κ3) is 2.35. The second-order valence-corrected chi connectivity index (χ2v) is 6.95. The van der Waals surface area contributed by atoms with E-state index < -0.39 is 12.0 Å². The Bertz CT molecular complexity index is 927. The molecular weight excluding hydrogens is 372 g/mol. The molecule has 1 amide bonds. The largest absolute Gasteiger partial charge is 0.388 e. The fourth-order valence-electron chi connectivity index (χ4n) is 3.19. The van der Waals surface area contributed by atoms with E-state index in [2.05, 4.69) is 20.9 Å². The zero-order chi connectivity index (χ0) is 17.8. The van der Waals surface area contributed by atoms with E-state index in [0.29, 0.717) is 11.0 Å². The second-order valence-electron chi connectivity index (χ2n) is 6.09. The summed E-state index contributed by atoms with van der Waals surface area (Å²) in [7, 11) is 0. The lowest BCUT2D eigenvalue weighted by molar-refractivity contribution is 0.100. The van der Waals surface area contributed by atoms with Gasteiger partial charge in [0.25, 0.3) is 5.91 Å². The number of hydrogen-bond donors (Lipinski definition) is 3. The predicted octanol–water partition coefficient (Wildman–Crippen LogP) is 2.59. The minimum Gasteiger partial charge on any atom is -0.388 e. The first-order valence-corrected chi connectivity index (χ1v) is 8.37. The van der Waals surface area contributed by atoms with Gasteiger partial charge in [-0.3, -0.25) is 9.36 Å². The monoisotopic (exact) mass is 390 g/mol. The minimum absolute atomic E-state index is 0.195. The lowest BCUT2D eigenvalue weighted by atomic mass is 9.91. The maximum atomic E-state index is 12.0. The van der Waals surface area contributed by atoms with Gasteiger partial charge in [0.2, 0.25) is 0 Å². The Kier molecular flexibility index (Phi) is 4.01. The SMILES string of the molecule is CC1=C(n2c(N)c(C(N)=O)c3cc(Br)c(C)nc32)[C@H](C)[C@H](O)C=C1. The van der Waals surface area contributed by atoms with Crippen LogP contribution >= 0.6 is 15.9 Å². The number of carbonyl (C=O) groups is 1. The number of aryl methyl sites for hydroxylation is 1. The molecule has 24 heavy (non-hydrogen) atoms. The number of aliphatic hydroxyl groups excluding tert-OH is 1. The molecule has 0 aromatic carbocycles. The van der Waals surface area contributed by atoms with Crippen molar-refractivity contribution in [3.63, 3.8) is 0 Å². The van der Waals surface area contributed by atoms with Crippen LogP contribution in [0.3, 0.4) is 0 Å². The first-order chi connectivity index (χ1) is 11.2. The van der Waals surface area contributed by atoms with E-state index in [0.717, 1.165) is 21.4 Å². The highest BCUT2D eigenvalue weighted by Crippen LogP contribution is 2.38. The van der Waals surface area contributed by atoms with Crippen molar-refractivity contribution < 1.29 is 9.90 Å². The maximum Gasteiger partial charge on any atom is 0.253 e. The maximum absolute atomic E-state index is 12.0. The number of pyridine rings is 1. The van der Waals surface area contributed by atoms with Crippen LogP contribution in [0.25, 0.3) is 16.7 Å². The van der Waals surface area contributed by atoms with Crippen LogP contribution in [0.5, 0.6) is 0 Å². The molecule has 0 unspecified atom stereocenters. The molecule has 2 aromatic heterocycles. The van der Waals surface area contributed by atoms with Gasteiger partial charge in [-0.25, -0.2) is 4.98 Å². The molecule has 0 fully saturated rings. The van der Waals surface area contributed by atoms with Crippen LogP contribution in [0.15, 0.2) is 28.3 Å². The summed E-state index contributed by atoms with van der Waals surface area (Å²) in [6.07, 6.45) is 2.96. The fourth-order valence-corrected chi connectivity index (χ4v) is 3.50. The Balaban J connectivity index is 2.45. The van der Waals surface area contributed by atoms with Gasteiger partial charge in [-0.15, -0.1) is 0 Å². The van der Waals surface area contributed by atoms with E-state index in [1.807, 2.05) is 26.8 Å². The number of allylic oxidation sites excluding steroid dienone is 2.